The Balaban J connectivity index is 1.72. The Hall–Kier alpha value is -1.42. The number of methoxy groups -OCH3 is 1. The van der Waals surface area contributed by atoms with Gasteiger partial charge in [-0.05, 0) is 76.0 Å². The van der Waals surface area contributed by atoms with Crippen LogP contribution in [0.25, 0.3) is 0 Å². The second-order valence-corrected chi connectivity index (χ2v) is 11.6. The van der Waals surface area contributed by atoms with Crippen LogP contribution in [0.5, 0.6) is 0 Å². The summed E-state index contributed by atoms with van der Waals surface area (Å²) in [6.07, 6.45) is 8.17. The molecule has 3 fully saturated rings. The van der Waals surface area contributed by atoms with Crippen molar-refractivity contribution < 1.29 is 42.5 Å². The molecule has 9 heteroatoms. The zero-order chi connectivity index (χ0) is 28.7. The number of Topliss-reactive ketones (excluding diaryl/α,β-unsaturated/α-hetero) is 2. The van der Waals surface area contributed by atoms with Gasteiger partial charge in [0.25, 0.3) is 0 Å². The molecule has 2 heterocycles. The number of unbranched alkanes of at least 4 members (excludes halogenated alkanes) is 2. The summed E-state index contributed by atoms with van der Waals surface area (Å²) >= 11 is 0. The average molecular weight is 571 g/mol. The van der Waals surface area contributed by atoms with Crippen molar-refractivity contribution in [2.75, 3.05) is 20.3 Å². The minimum Gasteiger partial charge on any atom is -0.469 e. The first kappa shape index (κ1) is 33.1. The number of hydrogen-bond acceptors (Lipinski definition) is 8. The molecule has 0 bridgehead atoms. The number of alkyl halides is 1. The van der Waals surface area contributed by atoms with E-state index in [0.717, 1.165) is 57.8 Å². The number of carbonyl (C=O) groups is 3. The Kier molecular flexibility index (Phi) is 15.0. The molecular formula is C31H51FO8. The molecular weight excluding hydrogens is 519 g/mol. The van der Waals surface area contributed by atoms with Crippen LogP contribution in [0.15, 0.2) is 0 Å². The fraction of sp³-hybridized carbons (Fsp3) is 0.903. The molecule has 0 N–H and O–H groups in total. The summed E-state index contributed by atoms with van der Waals surface area (Å²) in [6, 6.07) is 0. The smallest absolute Gasteiger partial charge is 0.305 e. The van der Waals surface area contributed by atoms with Crippen LogP contribution < -0.4 is 0 Å². The lowest BCUT2D eigenvalue weighted by Gasteiger charge is -2.31. The molecule has 3 rings (SSSR count). The molecule has 2 aliphatic heterocycles. The lowest BCUT2D eigenvalue weighted by molar-refractivity contribution is -0.204. The first-order valence-corrected chi connectivity index (χ1v) is 15.7. The van der Waals surface area contributed by atoms with Gasteiger partial charge in [0.05, 0.1) is 19.3 Å². The summed E-state index contributed by atoms with van der Waals surface area (Å²) in [5, 5.41) is 0. The summed E-state index contributed by atoms with van der Waals surface area (Å²) in [4.78, 5) is 37.3. The summed E-state index contributed by atoms with van der Waals surface area (Å²) in [5.41, 5.74) is 0. The highest BCUT2D eigenvalue weighted by molar-refractivity contribution is 5.83. The van der Waals surface area contributed by atoms with Gasteiger partial charge in [0.15, 0.2) is 24.5 Å². The minimum atomic E-state index is -1.66. The fourth-order valence-corrected chi connectivity index (χ4v) is 6.23. The molecule has 8 nitrogen and oxygen atoms in total. The highest BCUT2D eigenvalue weighted by Crippen LogP contribution is 2.44. The normalized spacial score (nSPS) is 29.7. The third-order valence-corrected chi connectivity index (χ3v) is 8.57. The van der Waals surface area contributed by atoms with Crippen LogP contribution in [0.1, 0.15) is 116 Å². The average Bonchev–Trinajstić information content (AvgIpc) is 3.27. The van der Waals surface area contributed by atoms with E-state index in [-0.39, 0.29) is 68.1 Å². The van der Waals surface area contributed by atoms with Crippen LogP contribution in [-0.2, 0) is 38.1 Å². The molecule has 230 valence electrons. The van der Waals surface area contributed by atoms with E-state index in [2.05, 4.69) is 11.7 Å². The maximum atomic E-state index is 15.0. The SMILES string of the molecule is CCCCCC(=O)CC[C@@H]1[C@@H](CC(=O)C(F)CCCC(=O)OC)[C@@H](OC2CCCCO2)C[C@H]1OC1CCCCO1. The van der Waals surface area contributed by atoms with Gasteiger partial charge in [-0.1, -0.05) is 19.8 Å². The molecule has 3 unspecified atom stereocenters. The Morgan fingerprint density at radius 3 is 2.08 bits per heavy atom. The van der Waals surface area contributed by atoms with Crippen molar-refractivity contribution in [2.24, 2.45) is 11.8 Å². The number of ketones is 2. The van der Waals surface area contributed by atoms with Crippen LogP contribution in [0.2, 0.25) is 0 Å². The predicted molar refractivity (Wildman–Crippen MR) is 147 cm³/mol. The number of halogens is 1. The summed E-state index contributed by atoms with van der Waals surface area (Å²) in [6.45, 7) is 3.41. The van der Waals surface area contributed by atoms with Gasteiger partial charge in [-0.25, -0.2) is 4.39 Å². The van der Waals surface area contributed by atoms with Crippen LogP contribution in [0.3, 0.4) is 0 Å². The molecule has 0 aromatic carbocycles. The molecule has 0 spiro atoms. The van der Waals surface area contributed by atoms with Crippen molar-refractivity contribution in [1.82, 2.24) is 0 Å². The molecule has 1 aliphatic carbocycles. The van der Waals surface area contributed by atoms with Crippen molar-refractivity contribution in [3.05, 3.63) is 0 Å². The Labute approximate surface area is 239 Å². The largest absolute Gasteiger partial charge is 0.469 e. The lowest BCUT2D eigenvalue weighted by atomic mass is 9.83. The van der Waals surface area contributed by atoms with Gasteiger partial charge in [0.2, 0.25) is 0 Å². The highest BCUT2D eigenvalue weighted by atomic mass is 19.1. The maximum absolute atomic E-state index is 15.0. The summed E-state index contributed by atoms with van der Waals surface area (Å²) in [5.74, 6) is -1.08. The van der Waals surface area contributed by atoms with E-state index in [1.807, 2.05) is 0 Å². The Morgan fingerprint density at radius 1 is 0.850 bits per heavy atom. The van der Waals surface area contributed by atoms with Crippen LogP contribution in [0.4, 0.5) is 4.39 Å². The van der Waals surface area contributed by atoms with Gasteiger partial charge < -0.3 is 23.7 Å². The molecule has 40 heavy (non-hydrogen) atoms. The topological polar surface area (TPSA) is 97.4 Å². The minimum absolute atomic E-state index is 0.0108. The molecule has 1 saturated carbocycles. The van der Waals surface area contributed by atoms with Gasteiger partial charge in [-0.3, -0.25) is 14.4 Å². The van der Waals surface area contributed by atoms with E-state index in [9.17, 15) is 14.4 Å². The summed E-state index contributed by atoms with van der Waals surface area (Å²) < 4.78 is 44.3. The lowest BCUT2D eigenvalue weighted by Crippen LogP contribution is -2.34. The van der Waals surface area contributed by atoms with Crippen LogP contribution in [0, 0.1) is 11.8 Å². The number of hydrogen-bond donors (Lipinski definition) is 0. The number of esters is 1. The van der Waals surface area contributed by atoms with E-state index in [0.29, 0.717) is 38.9 Å². The molecule has 2 saturated heterocycles. The Morgan fingerprint density at radius 2 is 1.50 bits per heavy atom. The first-order chi connectivity index (χ1) is 19.4. The van der Waals surface area contributed by atoms with E-state index >= 15 is 4.39 Å². The molecule has 3 aliphatic rings. The van der Waals surface area contributed by atoms with Crippen LogP contribution >= 0.6 is 0 Å². The Bertz CT molecular complexity index is 764. The van der Waals surface area contributed by atoms with E-state index in [4.69, 9.17) is 18.9 Å². The van der Waals surface area contributed by atoms with Gasteiger partial charge in [-0.15, -0.1) is 0 Å². The van der Waals surface area contributed by atoms with E-state index in [1.54, 1.807) is 0 Å². The van der Waals surface area contributed by atoms with Gasteiger partial charge >= 0.3 is 5.97 Å². The van der Waals surface area contributed by atoms with Crippen molar-refractivity contribution in [3.8, 4) is 0 Å². The highest BCUT2D eigenvalue weighted by Gasteiger charge is 2.47. The first-order valence-electron chi connectivity index (χ1n) is 15.7. The number of carbonyl (C=O) groups excluding carboxylic acids is 3. The molecule has 7 atom stereocenters. The van der Waals surface area contributed by atoms with Gasteiger partial charge in [-0.2, -0.15) is 0 Å². The van der Waals surface area contributed by atoms with Crippen molar-refractivity contribution in [3.63, 3.8) is 0 Å². The quantitative estimate of drug-likeness (QED) is 0.146. The maximum Gasteiger partial charge on any atom is 0.305 e. The van der Waals surface area contributed by atoms with Crippen molar-refractivity contribution in [2.45, 2.75) is 147 Å². The second kappa shape index (κ2) is 18.2. The van der Waals surface area contributed by atoms with Crippen molar-refractivity contribution in [1.29, 1.82) is 0 Å². The monoisotopic (exact) mass is 570 g/mol. The molecule has 0 radical (unpaired) electrons. The number of ether oxygens (including phenoxy) is 5. The molecule has 0 aromatic rings. The third-order valence-electron chi connectivity index (χ3n) is 8.57. The zero-order valence-corrected chi connectivity index (χ0v) is 24.6. The molecule has 0 amide bonds. The standard InChI is InChI=1S/C31H51FO8/c1-3-4-5-11-22(33)16-17-23-24(20-26(34)25(32)12-10-13-29(35)36-2)28(40-31-15-7-9-19-38-31)21-27(23)39-30-14-6-8-18-37-30/h23-25,27-28,30-31H,3-21H2,1-2H3/t23-,24-,25?,27-,28+,30?,31?/m1/s1. The van der Waals surface area contributed by atoms with E-state index in [1.165, 1.54) is 7.11 Å². The van der Waals surface area contributed by atoms with Crippen LogP contribution in [-0.4, -0.2) is 68.8 Å². The summed E-state index contributed by atoms with van der Waals surface area (Å²) in [7, 11) is 1.29. The molecule has 0 aromatic heterocycles. The van der Waals surface area contributed by atoms with E-state index < -0.39 is 17.9 Å². The second-order valence-electron chi connectivity index (χ2n) is 11.6. The predicted octanol–water partition coefficient (Wildman–Crippen LogP) is 6.02. The fourth-order valence-electron chi connectivity index (χ4n) is 6.23. The third kappa shape index (κ3) is 11.1. The van der Waals surface area contributed by atoms with Gasteiger partial charge in [0.1, 0.15) is 5.78 Å². The zero-order valence-electron chi connectivity index (χ0n) is 24.6. The van der Waals surface area contributed by atoms with Gasteiger partial charge in [0, 0.05) is 45.3 Å². The number of rotatable bonds is 18. The van der Waals surface area contributed by atoms with Crippen molar-refractivity contribution >= 4 is 17.5 Å².